The maximum atomic E-state index is 14.4. The van der Waals surface area contributed by atoms with E-state index in [-0.39, 0.29) is 23.6 Å². The van der Waals surface area contributed by atoms with Gasteiger partial charge < -0.3 is 19.9 Å². The Morgan fingerprint density at radius 2 is 1.98 bits per heavy atom. The lowest BCUT2D eigenvalue weighted by Crippen LogP contribution is -2.34. The van der Waals surface area contributed by atoms with E-state index >= 15 is 0 Å². The summed E-state index contributed by atoms with van der Waals surface area (Å²) in [6, 6.07) is 19.8. The van der Waals surface area contributed by atoms with Crippen LogP contribution < -0.4 is 15.1 Å². The van der Waals surface area contributed by atoms with Gasteiger partial charge in [0.1, 0.15) is 17.3 Å². The van der Waals surface area contributed by atoms with Gasteiger partial charge in [-0.25, -0.2) is 9.37 Å². The van der Waals surface area contributed by atoms with E-state index in [1.165, 1.54) is 17.4 Å². The number of likely N-dealkylation sites (N-methyl/N-ethyl adjacent to an activating group) is 1. The summed E-state index contributed by atoms with van der Waals surface area (Å²) < 4.78 is 20.1. The first-order valence-corrected chi connectivity index (χ1v) is 14.6. The molecule has 4 aromatic rings. The minimum absolute atomic E-state index is 0.173. The number of carbonyl (C=O) groups excluding carboxylic acids is 2. The number of amides is 2. The molecule has 0 spiro atoms. The van der Waals surface area contributed by atoms with E-state index in [1.807, 2.05) is 54.4 Å². The molecule has 4 heterocycles. The Kier molecular flexibility index (Phi) is 7.55. The molecule has 1 atom stereocenters. The van der Waals surface area contributed by atoms with Crippen molar-refractivity contribution in [3.05, 3.63) is 94.2 Å². The number of ether oxygens (including phenoxy) is 1. The fourth-order valence-corrected chi connectivity index (χ4v) is 6.60. The van der Waals surface area contributed by atoms with Crippen molar-refractivity contribution in [1.29, 1.82) is 0 Å². The summed E-state index contributed by atoms with van der Waals surface area (Å²) in [5, 5.41) is 2.74. The summed E-state index contributed by atoms with van der Waals surface area (Å²) in [4.78, 5) is 37.0. The van der Waals surface area contributed by atoms with Crippen LogP contribution in [0.4, 0.5) is 21.6 Å². The minimum Gasteiger partial charge on any atom is -0.376 e. The number of carbonyl (C=O) groups is 2. The van der Waals surface area contributed by atoms with Crippen molar-refractivity contribution in [2.45, 2.75) is 32.3 Å². The molecule has 0 aliphatic carbocycles. The number of fused-ring (bicyclic) bond motifs is 3. The quantitative estimate of drug-likeness (QED) is 0.293. The van der Waals surface area contributed by atoms with Gasteiger partial charge in [-0.2, -0.15) is 0 Å². The molecule has 1 fully saturated rings. The maximum absolute atomic E-state index is 14.4. The van der Waals surface area contributed by atoms with Crippen LogP contribution in [0.1, 0.15) is 44.1 Å². The SMILES string of the molecule is Cc1cccc(F)c1NC(=O)c1cc2c(s1)-c1ccccc1N(C(=O)c1cccc(N(C)C[C@H]3CCCO3)n1)CC2. The van der Waals surface area contributed by atoms with E-state index in [2.05, 4.69) is 5.32 Å². The van der Waals surface area contributed by atoms with Crippen molar-refractivity contribution in [3.8, 4) is 10.4 Å². The third kappa shape index (κ3) is 5.47. The van der Waals surface area contributed by atoms with E-state index < -0.39 is 5.82 Å². The molecule has 7 nitrogen and oxygen atoms in total. The number of hydrogen-bond acceptors (Lipinski definition) is 6. The molecular formula is C32H31FN4O3S. The number of rotatable bonds is 6. The van der Waals surface area contributed by atoms with Crippen LogP contribution in [0.3, 0.4) is 0 Å². The Morgan fingerprint density at radius 1 is 1.15 bits per heavy atom. The third-order valence-electron chi connectivity index (χ3n) is 7.63. The van der Waals surface area contributed by atoms with Gasteiger partial charge in [0.2, 0.25) is 0 Å². The number of anilines is 3. The zero-order valence-corrected chi connectivity index (χ0v) is 23.8. The lowest BCUT2D eigenvalue weighted by atomic mass is 10.1. The first-order valence-electron chi connectivity index (χ1n) is 13.8. The van der Waals surface area contributed by atoms with Crippen LogP contribution in [0.2, 0.25) is 0 Å². The molecule has 0 bridgehead atoms. The van der Waals surface area contributed by atoms with Crippen molar-refractivity contribution in [2.75, 3.05) is 41.9 Å². The fourth-order valence-electron chi connectivity index (χ4n) is 5.46. The van der Waals surface area contributed by atoms with E-state index in [4.69, 9.17) is 9.72 Å². The number of thiophene rings is 1. The second kappa shape index (κ2) is 11.4. The number of aryl methyl sites for hydroxylation is 1. The highest BCUT2D eigenvalue weighted by Gasteiger charge is 2.29. The summed E-state index contributed by atoms with van der Waals surface area (Å²) >= 11 is 1.35. The largest absolute Gasteiger partial charge is 0.376 e. The first-order chi connectivity index (χ1) is 19.9. The van der Waals surface area contributed by atoms with E-state index in [9.17, 15) is 14.0 Å². The van der Waals surface area contributed by atoms with Gasteiger partial charge in [0, 0.05) is 37.2 Å². The van der Waals surface area contributed by atoms with Crippen molar-refractivity contribution >= 4 is 40.3 Å². The molecule has 9 heteroatoms. The lowest BCUT2D eigenvalue weighted by molar-refractivity contribution is 0.0981. The monoisotopic (exact) mass is 570 g/mol. The number of halogens is 1. The average Bonchev–Trinajstić information content (AvgIpc) is 3.63. The molecule has 2 aromatic heterocycles. The first kappa shape index (κ1) is 27.1. The third-order valence-corrected chi connectivity index (χ3v) is 8.84. The molecule has 0 saturated carbocycles. The Balaban J connectivity index is 1.26. The van der Waals surface area contributed by atoms with Gasteiger partial charge in [0.15, 0.2) is 0 Å². The molecule has 0 unspecified atom stereocenters. The van der Waals surface area contributed by atoms with Crippen LogP contribution in [0, 0.1) is 12.7 Å². The molecule has 2 amide bonds. The minimum atomic E-state index is -0.466. The molecule has 2 aliphatic heterocycles. The second-order valence-corrected chi connectivity index (χ2v) is 11.5. The van der Waals surface area contributed by atoms with Crippen LogP contribution in [-0.4, -0.2) is 49.6 Å². The van der Waals surface area contributed by atoms with Crippen LogP contribution in [0.15, 0.2) is 66.7 Å². The maximum Gasteiger partial charge on any atom is 0.276 e. The fraction of sp³-hybridized carbons (Fsp3) is 0.281. The van der Waals surface area contributed by atoms with Gasteiger partial charge in [-0.3, -0.25) is 9.59 Å². The molecule has 2 aromatic carbocycles. The van der Waals surface area contributed by atoms with Gasteiger partial charge in [0.05, 0.1) is 22.4 Å². The molecule has 6 rings (SSSR count). The van der Waals surface area contributed by atoms with Crippen LogP contribution in [0.5, 0.6) is 0 Å². The standard InChI is InChI=1S/C32H31FN4O3S/c1-20-8-5-11-24(33)29(20)35-31(38)27-18-21-15-16-37(26-13-4-3-10-23(26)30(21)41-27)32(39)25-12-6-14-28(34-25)36(2)19-22-9-7-17-40-22/h3-6,8,10-14,18,22H,7,9,15-17,19H2,1-2H3,(H,35,38)/t22-/m1/s1. The highest BCUT2D eigenvalue weighted by molar-refractivity contribution is 7.17. The summed E-state index contributed by atoms with van der Waals surface area (Å²) in [6.45, 7) is 3.72. The van der Waals surface area contributed by atoms with Gasteiger partial charge in [-0.1, -0.05) is 36.4 Å². The molecule has 1 N–H and O–H groups in total. The molecule has 210 valence electrons. The average molecular weight is 571 g/mol. The number of para-hydroxylation sites is 2. The summed E-state index contributed by atoms with van der Waals surface area (Å²) in [6.07, 6.45) is 2.85. The predicted octanol–water partition coefficient (Wildman–Crippen LogP) is 6.33. The number of nitrogens with one attached hydrogen (secondary N) is 1. The number of nitrogens with zero attached hydrogens (tertiary/aromatic N) is 3. The van der Waals surface area contributed by atoms with Crippen LogP contribution in [-0.2, 0) is 11.2 Å². The summed E-state index contributed by atoms with van der Waals surface area (Å²) in [5.74, 6) is -0.260. The molecule has 0 radical (unpaired) electrons. The van der Waals surface area contributed by atoms with Gasteiger partial charge in [0.25, 0.3) is 11.8 Å². The zero-order valence-electron chi connectivity index (χ0n) is 23.0. The van der Waals surface area contributed by atoms with Crippen molar-refractivity contribution in [2.24, 2.45) is 0 Å². The van der Waals surface area contributed by atoms with Gasteiger partial charge in [-0.15, -0.1) is 11.3 Å². The number of benzene rings is 2. The predicted molar refractivity (Wildman–Crippen MR) is 161 cm³/mol. The van der Waals surface area contributed by atoms with E-state index in [1.54, 1.807) is 30.0 Å². The summed E-state index contributed by atoms with van der Waals surface area (Å²) in [7, 11) is 1.97. The highest BCUT2D eigenvalue weighted by atomic mass is 32.1. The van der Waals surface area contributed by atoms with Crippen LogP contribution in [0.25, 0.3) is 10.4 Å². The number of hydrogen-bond donors (Lipinski definition) is 1. The molecule has 41 heavy (non-hydrogen) atoms. The van der Waals surface area contributed by atoms with Gasteiger partial charge in [-0.05, 0) is 67.6 Å². The number of pyridine rings is 1. The molecular weight excluding hydrogens is 539 g/mol. The molecule has 2 aliphatic rings. The van der Waals surface area contributed by atoms with Gasteiger partial charge >= 0.3 is 0 Å². The normalized spacial score (nSPS) is 16.1. The summed E-state index contributed by atoms with van der Waals surface area (Å²) in [5.41, 5.74) is 3.86. The van der Waals surface area contributed by atoms with Crippen molar-refractivity contribution in [3.63, 3.8) is 0 Å². The van der Waals surface area contributed by atoms with Crippen LogP contribution >= 0.6 is 11.3 Å². The van der Waals surface area contributed by atoms with E-state index in [0.717, 1.165) is 53.5 Å². The second-order valence-electron chi connectivity index (χ2n) is 10.5. The highest BCUT2D eigenvalue weighted by Crippen LogP contribution is 2.42. The van der Waals surface area contributed by atoms with E-state index in [0.29, 0.717) is 29.1 Å². The Labute approximate surface area is 242 Å². The Morgan fingerprint density at radius 3 is 2.78 bits per heavy atom. The zero-order chi connectivity index (χ0) is 28.5. The Hall–Kier alpha value is -4.08. The van der Waals surface area contributed by atoms with Crippen molar-refractivity contribution < 1.29 is 18.7 Å². The Bertz CT molecular complexity index is 1590. The van der Waals surface area contributed by atoms with Crippen molar-refractivity contribution in [1.82, 2.24) is 4.98 Å². The number of aromatic nitrogens is 1. The molecule has 1 saturated heterocycles. The lowest BCUT2D eigenvalue weighted by Gasteiger charge is -2.24. The topological polar surface area (TPSA) is 74.8 Å². The smallest absolute Gasteiger partial charge is 0.276 e.